The van der Waals surface area contributed by atoms with Gasteiger partial charge in [-0.1, -0.05) is 0 Å². The molecular formula is C10H13N3O6. The second kappa shape index (κ2) is 5.06. The Labute approximate surface area is 107 Å². The first-order valence-electron chi connectivity index (χ1n) is 5.21. The minimum Gasteiger partial charge on any atom is -0.479 e. The molecule has 3 N–H and O–H groups in total. The molecule has 0 bridgehead atoms. The molecule has 0 aliphatic rings. The first kappa shape index (κ1) is 14.6. The molecule has 9 nitrogen and oxygen atoms in total. The maximum Gasteiger partial charge on any atom is 0.337 e. The van der Waals surface area contributed by atoms with Crippen LogP contribution in [0.15, 0.2) is 12.1 Å². The topological polar surface area (TPSA) is 135 Å². The van der Waals surface area contributed by atoms with Gasteiger partial charge in [0.25, 0.3) is 5.91 Å². The monoisotopic (exact) mass is 271 g/mol. The molecule has 0 aliphatic heterocycles. The molecule has 104 valence electrons. The third kappa shape index (κ3) is 3.07. The van der Waals surface area contributed by atoms with Gasteiger partial charge in [-0.05, 0) is 17.9 Å². The molecule has 0 fully saturated rings. The van der Waals surface area contributed by atoms with Crippen molar-refractivity contribution < 1.29 is 24.7 Å². The van der Waals surface area contributed by atoms with Crippen molar-refractivity contribution in [3.05, 3.63) is 27.9 Å². The molecule has 0 saturated heterocycles. The minimum atomic E-state index is -2.10. The van der Waals surface area contributed by atoms with Crippen LogP contribution in [0.25, 0.3) is 0 Å². The van der Waals surface area contributed by atoms with Gasteiger partial charge in [-0.25, -0.2) is 9.36 Å². The smallest absolute Gasteiger partial charge is 0.337 e. The Kier molecular flexibility index (Phi) is 3.90. The van der Waals surface area contributed by atoms with E-state index in [9.17, 15) is 24.8 Å². The molecule has 0 spiro atoms. The van der Waals surface area contributed by atoms with Crippen molar-refractivity contribution in [2.45, 2.75) is 12.5 Å². The van der Waals surface area contributed by atoms with Gasteiger partial charge in [0.05, 0.1) is 13.6 Å². The number of aromatic nitrogens is 1. The summed E-state index contributed by atoms with van der Waals surface area (Å²) in [6, 6.07) is 2.40. The van der Waals surface area contributed by atoms with E-state index in [1.807, 2.05) is 0 Å². The predicted molar refractivity (Wildman–Crippen MR) is 62.7 cm³/mol. The maximum absolute atomic E-state index is 11.7. The lowest BCUT2D eigenvalue weighted by Crippen LogP contribution is -2.46. The van der Waals surface area contributed by atoms with E-state index in [0.717, 1.165) is 17.6 Å². The van der Waals surface area contributed by atoms with Crippen LogP contribution in [0, 0.1) is 10.1 Å². The van der Waals surface area contributed by atoms with Gasteiger partial charge in [-0.3, -0.25) is 4.79 Å². The van der Waals surface area contributed by atoms with Crippen molar-refractivity contribution in [3.8, 4) is 0 Å². The van der Waals surface area contributed by atoms with Gasteiger partial charge in [0, 0.05) is 6.07 Å². The normalized spacial score (nSPS) is 13.6. The van der Waals surface area contributed by atoms with E-state index in [4.69, 9.17) is 5.11 Å². The van der Waals surface area contributed by atoms with Crippen LogP contribution in [0.1, 0.15) is 17.4 Å². The average Bonchev–Trinajstić information content (AvgIpc) is 2.68. The molecule has 0 radical (unpaired) electrons. The zero-order valence-corrected chi connectivity index (χ0v) is 10.3. The third-order valence-corrected chi connectivity index (χ3v) is 2.57. The molecule has 1 rings (SSSR count). The van der Waals surface area contributed by atoms with Gasteiger partial charge in [0.2, 0.25) is 0 Å². The molecule has 1 atom stereocenters. The second-order valence-electron chi connectivity index (χ2n) is 4.15. The van der Waals surface area contributed by atoms with Crippen LogP contribution in [0.3, 0.4) is 0 Å². The number of carboxylic acid groups (broad SMARTS) is 1. The van der Waals surface area contributed by atoms with Crippen LogP contribution in [0.2, 0.25) is 0 Å². The lowest BCUT2D eigenvalue weighted by atomic mass is 10.1. The molecule has 1 heterocycles. The average molecular weight is 271 g/mol. The number of amides is 1. The Bertz CT molecular complexity index is 533. The number of aliphatic carboxylic acids is 1. The summed E-state index contributed by atoms with van der Waals surface area (Å²) in [6.45, 7) is 0.517. The van der Waals surface area contributed by atoms with E-state index in [-0.39, 0.29) is 11.5 Å². The van der Waals surface area contributed by atoms with Crippen LogP contribution in [0.4, 0.5) is 5.82 Å². The van der Waals surface area contributed by atoms with Gasteiger partial charge in [-0.2, -0.15) is 0 Å². The standard InChI is InChI=1S/C10H13N3O6/c1-10(17,9(15)16)5-11-8(14)6-3-4-7(12(6)2)13(18)19/h3-4,17H,5H2,1-2H3,(H,11,14)(H,15,16). The van der Waals surface area contributed by atoms with Crippen molar-refractivity contribution in [1.29, 1.82) is 0 Å². The highest BCUT2D eigenvalue weighted by Crippen LogP contribution is 2.15. The number of hydrogen-bond acceptors (Lipinski definition) is 5. The highest BCUT2D eigenvalue weighted by Gasteiger charge is 2.31. The third-order valence-electron chi connectivity index (χ3n) is 2.57. The zero-order chi connectivity index (χ0) is 14.8. The van der Waals surface area contributed by atoms with E-state index in [0.29, 0.717) is 0 Å². The van der Waals surface area contributed by atoms with E-state index in [1.165, 1.54) is 13.1 Å². The fraction of sp³-hybridized carbons (Fsp3) is 0.400. The van der Waals surface area contributed by atoms with E-state index >= 15 is 0 Å². The van der Waals surface area contributed by atoms with Crippen LogP contribution < -0.4 is 5.32 Å². The van der Waals surface area contributed by atoms with Crippen molar-refractivity contribution in [2.24, 2.45) is 7.05 Å². The molecule has 1 aromatic rings. The van der Waals surface area contributed by atoms with Gasteiger partial charge in [0.1, 0.15) is 0 Å². The lowest BCUT2D eigenvalue weighted by Gasteiger charge is -2.17. The van der Waals surface area contributed by atoms with E-state index < -0.39 is 28.9 Å². The Hall–Kier alpha value is -2.42. The fourth-order valence-corrected chi connectivity index (χ4v) is 1.33. The first-order chi connectivity index (χ1) is 8.66. The van der Waals surface area contributed by atoms with Crippen LogP contribution in [-0.2, 0) is 11.8 Å². The summed E-state index contributed by atoms with van der Waals surface area (Å²) in [5.41, 5.74) is -2.11. The van der Waals surface area contributed by atoms with Crippen molar-refractivity contribution in [1.82, 2.24) is 9.88 Å². The molecule has 0 aliphatic carbocycles. The van der Waals surface area contributed by atoms with Gasteiger partial charge in [0.15, 0.2) is 11.3 Å². The number of hydrogen-bond donors (Lipinski definition) is 3. The number of nitro groups is 1. The van der Waals surface area contributed by atoms with Crippen LogP contribution >= 0.6 is 0 Å². The quantitative estimate of drug-likeness (QED) is 0.488. The molecule has 1 unspecified atom stereocenters. The number of carbonyl (C=O) groups is 2. The lowest BCUT2D eigenvalue weighted by molar-refractivity contribution is -0.391. The van der Waals surface area contributed by atoms with Crippen molar-refractivity contribution in [2.75, 3.05) is 6.54 Å². The Morgan fingerprint density at radius 1 is 1.53 bits per heavy atom. The molecular weight excluding hydrogens is 258 g/mol. The molecule has 1 aromatic heterocycles. The highest BCUT2D eigenvalue weighted by molar-refractivity contribution is 5.93. The van der Waals surface area contributed by atoms with Crippen molar-refractivity contribution >= 4 is 17.7 Å². The molecule has 19 heavy (non-hydrogen) atoms. The van der Waals surface area contributed by atoms with E-state index in [2.05, 4.69) is 5.32 Å². The fourth-order valence-electron chi connectivity index (χ4n) is 1.33. The van der Waals surface area contributed by atoms with Gasteiger partial charge in [-0.15, -0.1) is 0 Å². The van der Waals surface area contributed by atoms with Crippen LogP contribution in [0.5, 0.6) is 0 Å². The summed E-state index contributed by atoms with van der Waals surface area (Å²) in [5, 5.41) is 30.9. The first-order valence-corrected chi connectivity index (χ1v) is 5.21. The molecule has 0 aromatic carbocycles. The number of aliphatic hydroxyl groups is 1. The summed E-state index contributed by atoms with van der Waals surface area (Å²) in [6.07, 6.45) is 0. The van der Waals surface area contributed by atoms with E-state index in [1.54, 1.807) is 0 Å². The number of carboxylic acids is 1. The molecule has 0 saturated carbocycles. The molecule has 1 amide bonds. The number of nitrogens with one attached hydrogen (secondary N) is 1. The SMILES string of the molecule is Cn1c(C(=O)NCC(C)(O)C(=O)O)ccc1[N+](=O)[O-]. The summed E-state index contributed by atoms with van der Waals surface area (Å²) in [5.74, 6) is -2.46. The maximum atomic E-state index is 11.7. The Balaban J connectivity index is 2.80. The largest absolute Gasteiger partial charge is 0.479 e. The number of nitrogens with zero attached hydrogens (tertiary/aromatic N) is 2. The summed E-state index contributed by atoms with van der Waals surface area (Å²) < 4.78 is 1.06. The Morgan fingerprint density at radius 2 is 2.11 bits per heavy atom. The summed E-state index contributed by atoms with van der Waals surface area (Å²) in [4.78, 5) is 32.3. The number of rotatable bonds is 5. The molecule has 9 heteroatoms. The highest BCUT2D eigenvalue weighted by atomic mass is 16.6. The predicted octanol–water partition coefficient (Wildman–Crippen LogP) is -0.501. The van der Waals surface area contributed by atoms with Crippen LogP contribution in [-0.4, -0.2) is 43.7 Å². The minimum absolute atomic E-state index is 0.00658. The zero-order valence-electron chi connectivity index (χ0n) is 10.3. The van der Waals surface area contributed by atoms with Gasteiger partial charge < -0.3 is 25.6 Å². The van der Waals surface area contributed by atoms with Crippen molar-refractivity contribution in [3.63, 3.8) is 0 Å². The summed E-state index contributed by atoms with van der Waals surface area (Å²) >= 11 is 0. The number of carbonyl (C=O) groups excluding carboxylic acids is 1. The van der Waals surface area contributed by atoms with Gasteiger partial charge >= 0.3 is 11.8 Å². The Morgan fingerprint density at radius 3 is 2.53 bits per heavy atom. The summed E-state index contributed by atoms with van der Waals surface area (Å²) in [7, 11) is 1.34. The second-order valence-corrected chi connectivity index (χ2v) is 4.15.